The van der Waals surface area contributed by atoms with Gasteiger partial charge >= 0.3 is 5.97 Å². The molecule has 3 rings (SSSR count). The molecule has 4 nitrogen and oxygen atoms in total. The molecular formula is C26H36ClNO3. The fraction of sp³-hybridized carbons (Fsp3) is 0.615. The Hall–Kier alpha value is -1.81. The fourth-order valence-electron chi connectivity index (χ4n) is 5.51. The van der Waals surface area contributed by atoms with Crippen molar-refractivity contribution in [3.63, 3.8) is 0 Å². The average Bonchev–Trinajstić information content (AvgIpc) is 2.64. The molecule has 1 aliphatic carbocycles. The molecule has 0 unspecified atom stereocenters. The third-order valence-corrected chi connectivity index (χ3v) is 7.49. The Morgan fingerprint density at radius 1 is 1.26 bits per heavy atom. The van der Waals surface area contributed by atoms with Crippen LogP contribution in [0.3, 0.4) is 0 Å². The van der Waals surface area contributed by atoms with Gasteiger partial charge in [0.15, 0.2) is 0 Å². The number of benzene rings is 1. The molecule has 170 valence electrons. The van der Waals surface area contributed by atoms with Crippen LogP contribution in [-0.2, 0) is 21.4 Å². The number of carboxylic acid groups (broad SMARTS) is 1. The molecule has 1 atom stereocenters. The van der Waals surface area contributed by atoms with Gasteiger partial charge in [-0.3, -0.25) is 9.59 Å². The first kappa shape index (κ1) is 23.8. The number of aliphatic carboxylic acids is 1. The number of hydrogen-bond acceptors (Lipinski definition) is 2. The maximum Gasteiger partial charge on any atom is 0.305 e. The van der Waals surface area contributed by atoms with E-state index in [1.54, 1.807) is 4.90 Å². The van der Waals surface area contributed by atoms with E-state index in [-0.39, 0.29) is 24.8 Å². The van der Waals surface area contributed by atoms with Crippen molar-refractivity contribution in [1.29, 1.82) is 0 Å². The van der Waals surface area contributed by atoms with Crippen molar-refractivity contribution in [3.8, 4) is 0 Å². The van der Waals surface area contributed by atoms with E-state index in [0.717, 1.165) is 28.5 Å². The summed E-state index contributed by atoms with van der Waals surface area (Å²) in [5.41, 5.74) is 3.43. The number of carbonyl (C=O) groups excluding carboxylic acids is 1. The van der Waals surface area contributed by atoms with Crippen LogP contribution in [0.15, 0.2) is 30.0 Å². The van der Waals surface area contributed by atoms with Crippen molar-refractivity contribution in [2.75, 3.05) is 6.54 Å². The molecule has 1 aliphatic heterocycles. The number of aryl methyl sites for hydroxylation is 1. The Kier molecular flexibility index (Phi) is 6.90. The second-order valence-electron chi connectivity index (χ2n) is 10.8. The van der Waals surface area contributed by atoms with Crippen LogP contribution in [0.25, 0.3) is 0 Å². The Labute approximate surface area is 191 Å². The van der Waals surface area contributed by atoms with Gasteiger partial charge in [-0.05, 0) is 65.7 Å². The predicted octanol–water partition coefficient (Wildman–Crippen LogP) is 6.21. The van der Waals surface area contributed by atoms with Gasteiger partial charge in [-0.1, -0.05) is 58.4 Å². The van der Waals surface area contributed by atoms with Crippen molar-refractivity contribution in [3.05, 3.63) is 46.1 Å². The van der Waals surface area contributed by atoms with Crippen molar-refractivity contribution >= 4 is 23.5 Å². The number of hydrogen-bond donors (Lipinski definition) is 1. The maximum absolute atomic E-state index is 12.8. The van der Waals surface area contributed by atoms with E-state index in [0.29, 0.717) is 11.8 Å². The Balaban J connectivity index is 1.79. The SMILES string of the molecule is CC(C)C1=CN(CCC(=O)O)C(=O)C[C@@]1(C)c1ccc(CCC2CC(C)(C)C2)c(Cl)c1. The van der Waals surface area contributed by atoms with Crippen LogP contribution < -0.4 is 0 Å². The lowest BCUT2D eigenvalue weighted by atomic mass is 9.63. The topological polar surface area (TPSA) is 57.6 Å². The van der Waals surface area contributed by atoms with Crippen molar-refractivity contribution in [2.45, 2.75) is 78.6 Å². The van der Waals surface area contributed by atoms with Gasteiger partial charge in [0.1, 0.15) is 0 Å². The number of halogens is 1. The summed E-state index contributed by atoms with van der Waals surface area (Å²) in [6.45, 7) is 11.2. The zero-order valence-corrected chi connectivity index (χ0v) is 20.3. The van der Waals surface area contributed by atoms with Crippen LogP contribution in [0.5, 0.6) is 0 Å². The van der Waals surface area contributed by atoms with Crippen molar-refractivity contribution in [2.24, 2.45) is 17.3 Å². The summed E-state index contributed by atoms with van der Waals surface area (Å²) < 4.78 is 0. The van der Waals surface area contributed by atoms with Gasteiger partial charge < -0.3 is 10.0 Å². The van der Waals surface area contributed by atoms with E-state index in [1.165, 1.54) is 24.8 Å². The summed E-state index contributed by atoms with van der Waals surface area (Å²) in [7, 11) is 0. The Bertz CT molecular complexity index is 881. The zero-order chi connectivity index (χ0) is 23.0. The minimum Gasteiger partial charge on any atom is -0.481 e. The molecule has 1 N–H and O–H groups in total. The summed E-state index contributed by atoms with van der Waals surface area (Å²) in [5.74, 6) is 0.0896. The van der Waals surface area contributed by atoms with Crippen molar-refractivity contribution < 1.29 is 14.7 Å². The minimum absolute atomic E-state index is 0.0408. The minimum atomic E-state index is -0.895. The molecule has 5 heteroatoms. The first-order chi connectivity index (χ1) is 14.4. The summed E-state index contributed by atoms with van der Waals surface area (Å²) in [6.07, 6.45) is 6.90. The quantitative estimate of drug-likeness (QED) is 0.517. The maximum atomic E-state index is 12.8. The van der Waals surface area contributed by atoms with E-state index in [9.17, 15) is 9.59 Å². The van der Waals surface area contributed by atoms with Gasteiger partial charge in [-0.2, -0.15) is 0 Å². The van der Waals surface area contributed by atoms with Crippen LogP contribution >= 0.6 is 11.6 Å². The number of allylic oxidation sites excluding steroid dienone is 1. The second kappa shape index (κ2) is 8.97. The van der Waals surface area contributed by atoms with Crippen LogP contribution in [0.4, 0.5) is 0 Å². The van der Waals surface area contributed by atoms with Crippen LogP contribution in [0, 0.1) is 17.3 Å². The normalized spacial score (nSPS) is 23.6. The molecule has 0 bridgehead atoms. The molecule has 0 radical (unpaired) electrons. The molecule has 1 heterocycles. The number of carboxylic acids is 1. The number of nitrogens with zero attached hydrogens (tertiary/aromatic N) is 1. The lowest BCUT2D eigenvalue weighted by molar-refractivity contribution is -0.138. The highest BCUT2D eigenvalue weighted by atomic mass is 35.5. The first-order valence-corrected chi connectivity index (χ1v) is 11.8. The lowest BCUT2D eigenvalue weighted by Crippen LogP contribution is -2.42. The first-order valence-electron chi connectivity index (χ1n) is 11.4. The van der Waals surface area contributed by atoms with Crippen LogP contribution in [-0.4, -0.2) is 28.4 Å². The summed E-state index contributed by atoms with van der Waals surface area (Å²) in [6, 6.07) is 6.30. The van der Waals surface area contributed by atoms with Gasteiger partial charge in [0.25, 0.3) is 0 Å². The Morgan fingerprint density at radius 3 is 2.48 bits per heavy atom. The average molecular weight is 446 g/mol. The van der Waals surface area contributed by atoms with Crippen molar-refractivity contribution in [1.82, 2.24) is 4.90 Å². The molecule has 1 saturated carbocycles. The van der Waals surface area contributed by atoms with E-state index >= 15 is 0 Å². The zero-order valence-electron chi connectivity index (χ0n) is 19.5. The summed E-state index contributed by atoms with van der Waals surface area (Å²) in [5, 5.41) is 9.77. The number of carbonyl (C=O) groups is 2. The number of rotatable bonds is 8. The molecule has 0 spiro atoms. The predicted molar refractivity (Wildman–Crippen MR) is 125 cm³/mol. The molecular weight excluding hydrogens is 410 g/mol. The van der Waals surface area contributed by atoms with Gasteiger partial charge in [-0.15, -0.1) is 0 Å². The van der Waals surface area contributed by atoms with Gasteiger partial charge in [-0.25, -0.2) is 0 Å². The molecule has 31 heavy (non-hydrogen) atoms. The highest BCUT2D eigenvalue weighted by Crippen LogP contribution is 2.47. The van der Waals surface area contributed by atoms with Crippen LogP contribution in [0.1, 0.15) is 77.8 Å². The van der Waals surface area contributed by atoms with Gasteiger partial charge in [0.2, 0.25) is 5.91 Å². The number of amides is 1. The monoisotopic (exact) mass is 445 g/mol. The Morgan fingerprint density at radius 2 is 1.94 bits per heavy atom. The van der Waals surface area contributed by atoms with Gasteiger partial charge in [0, 0.05) is 29.6 Å². The summed E-state index contributed by atoms with van der Waals surface area (Å²) >= 11 is 6.71. The molecule has 1 amide bonds. The van der Waals surface area contributed by atoms with E-state index < -0.39 is 11.4 Å². The summed E-state index contributed by atoms with van der Waals surface area (Å²) in [4.78, 5) is 25.4. The smallest absolute Gasteiger partial charge is 0.305 e. The van der Waals surface area contributed by atoms with Crippen LogP contribution in [0.2, 0.25) is 5.02 Å². The molecule has 0 aromatic heterocycles. The highest BCUT2D eigenvalue weighted by molar-refractivity contribution is 6.31. The standard InChI is InChI=1S/C26H36ClNO3/c1-17(2)21-16-28(11-10-24(30)31)23(29)15-26(21,5)20-9-8-19(22(27)12-20)7-6-18-13-25(3,4)14-18/h8-9,12,16-18H,6-7,10-11,13-15H2,1-5H3,(H,30,31)/t26-/m0/s1. The molecule has 1 aromatic carbocycles. The highest BCUT2D eigenvalue weighted by Gasteiger charge is 2.40. The van der Waals surface area contributed by atoms with E-state index in [4.69, 9.17) is 16.7 Å². The third kappa shape index (κ3) is 5.34. The second-order valence-corrected chi connectivity index (χ2v) is 11.2. The largest absolute Gasteiger partial charge is 0.481 e. The van der Waals surface area contributed by atoms with Gasteiger partial charge in [0.05, 0.1) is 6.42 Å². The third-order valence-electron chi connectivity index (χ3n) is 7.14. The van der Waals surface area contributed by atoms with E-state index in [1.807, 2.05) is 12.3 Å². The molecule has 1 aromatic rings. The molecule has 1 fully saturated rings. The lowest BCUT2D eigenvalue weighted by Gasteiger charge is -2.43. The van der Waals surface area contributed by atoms with E-state index in [2.05, 4.69) is 46.8 Å². The fourth-order valence-corrected chi connectivity index (χ4v) is 5.78. The molecule has 2 aliphatic rings. The molecule has 0 saturated heterocycles.